The van der Waals surface area contributed by atoms with E-state index in [0.717, 1.165) is 11.1 Å². The van der Waals surface area contributed by atoms with E-state index in [4.69, 9.17) is 4.74 Å². The Balaban J connectivity index is 1.59. The normalized spacial score (nSPS) is 11.6. The lowest BCUT2D eigenvalue weighted by molar-refractivity contribution is 0.0743. The number of nitrogens with one attached hydrogen (secondary N) is 1. The van der Waals surface area contributed by atoms with Crippen molar-refractivity contribution in [2.75, 3.05) is 12.4 Å². The molecule has 0 aliphatic rings. The summed E-state index contributed by atoms with van der Waals surface area (Å²) >= 11 is 0. The molecule has 8 nitrogen and oxygen atoms in total. The number of aromatic amines is 1. The molecule has 1 heterocycles. The van der Waals surface area contributed by atoms with Crippen molar-refractivity contribution < 1.29 is 13.2 Å². The summed E-state index contributed by atoms with van der Waals surface area (Å²) < 4.78 is 34.2. The van der Waals surface area contributed by atoms with Gasteiger partial charge < -0.3 is 4.74 Å². The highest BCUT2D eigenvalue weighted by molar-refractivity contribution is 7.89. The fourth-order valence-corrected chi connectivity index (χ4v) is 4.44. The molecule has 0 radical (unpaired) electrons. The van der Waals surface area contributed by atoms with Crippen molar-refractivity contribution in [2.24, 2.45) is 0 Å². The number of benzene rings is 2. The molecule has 0 spiro atoms. The van der Waals surface area contributed by atoms with Crippen molar-refractivity contribution in [1.82, 2.24) is 13.9 Å². The monoisotopic (exact) mass is 443 g/mol. The number of aromatic nitrogens is 2. The molecule has 0 aliphatic heterocycles. The van der Waals surface area contributed by atoms with Crippen molar-refractivity contribution in [1.29, 1.82) is 0 Å². The zero-order valence-electron chi connectivity index (χ0n) is 17.0. The molecule has 1 aromatic heterocycles. The second kappa shape index (κ2) is 10.9. The van der Waals surface area contributed by atoms with Gasteiger partial charge in [-0.2, -0.15) is 4.31 Å². The molecule has 0 aliphatic carbocycles. The summed E-state index contributed by atoms with van der Waals surface area (Å²) in [5, 5.41) is 0. The molecule has 0 saturated heterocycles. The lowest BCUT2D eigenvalue weighted by Crippen LogP contribution is -2.33. The lowest BCUT2D eigenvalue weighted by Gasteiger charge is -2.22. The Kier molecular flexibility index (Phi) is 7.94. The van der Waals surface area contributed by atoms with Gasteiger partial charge in [-0.05, 0) is 17.5 Å². The SMILES string of the molecule is O=c1ccn(COCCCS(=O)(=O)N(Cc2ccccc2)Cc2ccccc2)c(=O)[nH]1. The summed E-state index contributed by atoms with van der Waals surface area (Å²) in [6.45, 7) is 0.667. The maximum absolute atomic E-state index is 13.0. The molecule has 3 aromatic rings. The average Bonchev–Trinajstić information content (AvgIpc) is 2.76. The molecule has 9 heteroatoms. The van der Waals surface area contributed by atoms with E-state index in [1.54, 1.807) is 0 Å². The first-order valence-corrected chi connectivity index (χ1v) is 11.5. The van der Waals surface area contributed by atoms with Crippen LogP contribution in [-0.2, 0) is 34.6 Å². The summed E-state index contributed by atoms with van der Waals surface area (Å²) in [5.41, 5.74) is 0.771. The number of rotatable bonds is 11. The van der Waals surface area contributed by atoms with E-state index in [0.29, 0.717) is 0 Å². The van der Waals surface area contributed by atoms with Gasteiger partial charge in [-0.1, -0.05) is 60.7 Å². The van der Waals surface area contributed by atoms with Crippen LogP contribution in [-0.4, -0.2) is 34.6 Å². The number of nitrogens with zero attached hydrogens (tertiary/aromatic N) is 2. The molecular weight excluding hydrogens is 418 g/mol. The fourth-order valence-electron chi connectivity index (χ4n) is 3.01. The van der Waals surface area contributed by atoms with E-state index < -0.39 is 21.3 Å². The number of ether oxygens (including phenoxy) is 1. The minimum atomic E-state index is -3.54. The van der Waals surface area contributed by atoms with Gasteiger partial charge in [0, 0.05) is 32.0 Å². The Morgan fingerprint density at radius 2 is 1.45 bits per heavy atom. The zero-order chi connectivity index (χ0) is 22.1. The van der Waals surface area contributed by atoms with Crippen LogP contribution in [0.2, 0.25) is 0 Å². The first-order valence-electron chi connectivity index (χ1n) is 9.87. The van der Waals surface area contributed by atoms with Crippen LogP contribution in [0, 0.1) is 0 Å². The Morgan fingerprint density at radius 3 is 2.00 bits per heavy atom. The van der Waals surface area contributed by atoms with Crippen LogP contribution < -0.4 is 11.2 Å². The third kappa shape index (κ3) is 7.02. The van der Waals surface area contributed by atoms with Crippen LogP contribution in [0.15, 0.2) is 82.5 Å². The Morgan fingerprint density at radius 1 is 0.871 bits per heavy atom. The summed E-state index contributed by atoms with van der Waals surface area (Å²) in [5.74, 6) is -0.0762. The van der Waals surface area contributed by atoms with E-state index in [1.807, 2.05) is 60.7 Å². The van der Waals surface area contributed by atoms with Gasteiger partial charge in [0.25, 0.3) is 5.56 Å². The van der Waals surface area contributed by atoms with Gasteiger partial charge in [-0.25, -0.2) is 13.2 Å². The predicted molar refractivity (Wildman–Crippen MR) is 118 cm³/mol. The third-order valence-electron chi connectivity index (χ3n) is 4.62. The summed E-state index contributed by atoms with van der Waals surface area (Å²) in [7, 11) is -3.54. The van der Waals surface area contributed by atoms with Gasteiger partial charge in [0.15, 0.2) is 0 Å². The largest absolute Gasteiger partial charge is 0.361 e. The molecule has 0 fully saturated rings. The highest BCUT2D eigenvalue weighted by Crippen LogP contribution is 2.15. The smallest absolute Gasteiger partial charge is 0.330 e. The molecule has 2 aromatic carbocycles. The minimum Gasteiger partial charge on any atom is -0.361 e. The summed E-state index contributed by atoms with van der Waals surface area (Å²) in [6, 6.07) is 20.2. The van der Waals surface area contributed by atoms with Crippen molar-refractivity contribution in [3.8, 4) is 0 Å². The van der Waals surface area contributed by atoms with Gasteiger partial charge in [0.1, 0.15) is 6.73 Å². The maximum atomic E-state index is 13.0. The highest BCUT2D eigenvalue weighted by Gasteiger charge is 2.22. The van der Waals surface area contributed by atoms with Gasteiger partial charge >= 0.3 is 5.69 Å². The van der Waals surface area contributed by atoms with Gasteiger partial charge in [0.05, 0.1) is 5.75 Å². The van der Waals surface area contributed by atoms with Crippen LogP contribution in [0.5, 0.6) is 0 Å². The van der Waals surface area contributed by atoms with E-state index in [9.17, 15) is 18.0 Å². The molecule has 0 bridgehead atoms. The molecule has 0 saturated carbocycles. The topological polar surface area (TPSA) is 101 Å². The maximum Gasteiger partial charge on any atom is 0.330 e. The molecule has 164 valence electrons. The Labute approximate surface area is 180 Å². The van der Waals surface area contributed by atoms with Crippen LogP contribution in [0.25, 0.3) is 0 Å². The number of hydrogen-bond donors (Lipinski definition) is 1. The first-order chi connectivity index (χ1) is 14.9. The predicted octanol–water partition coefficient (Wildman–Crippen LogP) is 1.93. The minimum absolute atomic E-state index is 0.0621. The Hall–Kier alpha value is -3.01. The van der Waals surface area contributed by atoms with E-state index >= 15 is 0 Å². The van der Waals surface area contributed by atoms with Crippen LogP contribution in [0.3, 0.4) is 0 Å². The van der Waals surface area contributed by atoms with E-state index in [1.165, 1.54) is 21.1 Å². The quantitative estimate of drug-likeness (QED) is 0.457. The molecule has 0 atom stereocenters. The van der Waals surface area contributed by atoms with E-state index in [2.05, 4.69) is 4.98 Å². The second-order valence-corrected chi connectivity index (χ2v) is 9.11. The van der Waals surface area contributed by atoms with Crippen molar-refractivity contribution in [2.45, 2.75) is 26.2 Å². The lowest BCUT2D eigenvalue weighted by atomic mass is 10.2. The third-order valence-corrected chi connectivity index (χ3v) is 6.46. The van der Waals surface area contributed by atoms with Gasteiger partial charge in [-0.15, -0.1) is 0 Å². The van der Waals surface area contributed by atoms with Gasteiger partial charge in [-0.3, -0.25) is 14.3 Å². The van der Waals surface area contributed by atoms with E-state index in [-0.39, 0.29) is 38.6 Å². The van der Waals surface area contributed by atoms with Gasteiger partial charge in [0.2, 0.25) is 10.0 Å². The standard InChI is InChI=1S/C22H25N3O5S/c26-21-12-13-24(22(27)23-21)18-30-14-7-15-31(28,29)25(16-19-8-3-1-4-9-19)17-20-10-5-2-6-11-20/h1-6,8-13H,7,14-18H2,(H,23,26,27). The fraction of sp³-hybridized carbons (Fsp3) is 0.273. The molecule has 1 N–H and O–H groups in total. The van der Waals surface area contributed by atoms with Crippen LogP contribution in [0.4, 0.5) is 0 Å². The zero-order valence-corrected chi connectivity index (χ0v) is 17.8. The summed E-state index contributed by atoms with van der Waals surface area (Å²) in [6.07, 6.45) is 1.61. The Bertz CT molecular complexity index is 1130. The van der Waals surface area contributed by atoms with Crippen LogP contribution >= 0.6 is 0 Å². The number of hydrogen-bond acceptors (Lipinski definition) is 5. The molecule has 0 amide bonds. The highest BCUT2D eigenvalue weighted by atomic mass is 32.2. The molecule has 3 rings (SSSR count). The second-order valence-electron chi connectivity index (χ2n) is 7.03. The average molecular weight is 444 g/mol. The van der Waals surface area contributed by atoms with Crippen molar-refractivity contribution in [3.63, 3.8) is 0 Å². The molecule has 0 unspecified atom stereocenters. The van der Waals surface area contributed by atoms with Crippen LogP contribution in [0.1, 0.15) is 17.5 Å². The molecular formula is C22H25N3O5S. The molecule has 31 heavy (non-hydrogen) atoms. The number of H-pyrrole nitrogens is 1. The first kappa shape index (κ1) is 22.7. The number of sulfonamides is 1. The van der Waals surface area contributed by atoms with Crippen molar-refractivity contribution >= 4 is 10.0 Å². The summed E-state index contributed by atoms with van der Waals surface area (Å²) in [4.78, 5) is 24.8. The van der Waals surface area contributed by atoms with Crippen molar-refractivity contribution in [3.05, 3.63) is 105 Å².